The number of hydrogen-bond donors (Lipinski definition) is 1. The Balaban J connectivity index is 2.12. The normalized spacial score (nSPS) is 10.8. The summed E-state index contributed by atoms with van der Waals surface area (Å²) in [6.07, 6.45) is 1.57. The number of hydrogen-bond acceptors (Lipinski definition) is 2. The van der Waals surface area contributed by atoms with Crippen LogP contribution in [0.25, 0.3) is 16.9 Å². The molecule has 3 rings (SSSR count). The second kappa shape index (κ2) is 5.29. The Bertz CT molecular complexity index is 814. The van der Waals surface area contributed by atoms with Gasteiger partial charge in [0.15, 0.2) is 11.6 Å². The zero-order valence-corrected chi connectivity index (χ0v) is 12.3. The van der Waals surface area contributed by atoms with E-state index >= 15 is 0 Å². The zero-order valence-electron chi connectivity index (χ0n) is 10.7. The Kier molecular flexibility index (Phi) is 3.47. The highest BCUT2D eigenvalue weighted by Gasteiger charge is 2.16. The fourth-order valence-electron chi connectivity index (χ4n) is 2.03. The number of halogens is 3. The van der Waals surface area contributed by atoms with E-state index in [-0.39, 0.29) is 16.9 Å². The molecular weight excluding hydrogens is 340 g/mol. The summed E-state index contributed by atoms with van der Waals surface area (Å²) in [5.41, 5.74) is 7.18. The Labute approximate surface area is 128 Å². The summed E-state index contributed by atoms with van der Waals surface area (Å²) < 4.78 is 29.6. The minimum Gasteiger partial charge on any atom is -0.396 e. The molecule has 0 aliphatic rings. The van der Waals surface area contributed by atoms with Crippen LogP contribution in [0, 0.1) is 11.6 Å². The molecule has 0 amide bonds. The molecule has 0 unspecified atom stereocenters. The van der Waals surface area contributed by atoms with E-state index < -0.39 is 11.6 Å². The van der Waals surface area contributed by atoms with Crippen LogP contribution in [-0.2, 0) is 0 Å². The van der Waals surface area contributed by atoms with Gasteiger partial charge in [0.2, 0.25) is 0 Å². The van der Waals surface area contributed by atoms with Gasteiger partial charge in [0.25, 0.3) is 0 Å². The Morgan fingerprint density at radius 1 is 1.10 bits per heavy atom. The van der Waals surface area contributed by atoms with Gasteiger partial charge in [-0.1, -0.05) is 28.1 Å². The molecular formula is C15H10BrF2N3. The van der Waals surface area contributed by atoms with Crippen LogP contribution < -0.4 is 5.73 Å². The summed E-state index contributed by atoms with van der Waals surface area (Å²) in [5.74, 6) is -1.88. The maximum atomic E-state index is 13.9. The maximum Gasteiger partial charge on any atom is 0.168 e. The van der Waals surface area contributed by atoms with Gasteiger partial charge in [-0.05, 0) is 30.3 Å². The molecule has 3 nitrogen and oxygen atoms in total. The molecule has 0 aliphatic heterocycles. The molecule has 3 aromatic rings. The second-order valence-corrected chi connectivity index (χ2v) is 5.37. The van der Waals surface area contributed by atoms with E-state index in [9.17, 15) is 8.78 Å². The van der Waals surface area contributed by atoms with Crippen molar-refractivity contribution in [3.05, 3.63) is 64.8 Å². The van der Waals surface area contributed by atoms with E-state index in [1.54, 1.807) is 6.20 Å². The van der Waals surface area contributed by atoms with E-state index in [1.807, 2.05) is 24.3 Å². The predicted octanol–water partition coefficient (Wildman–Crippen LogP) is 4.16. The van der Waals surface area contributed by atoms with Crippen LogP contribution in [0.4, 0.5) is 14.5 Å². The van der Waals surface area contributed by atoms with Gasteiger partial charge in [0.05, 0.1) is 17.6 Å². The third kappa shape index (κ3) is 2.54. The van der Waals surface area contributed by atoms with E-state index in [4.69, 9.17) is 5.73 Å². The molecule has 1 aromatic heterocycles. The molecule has 0 bridgehead atoms. The van der Waals surface area contributed by atoms with Crippen LogP contribution in [0.1, 0.15) is 0 Å². The minimum atomic E-state index is -0.955. The lowest BCUT2D eigenvalue weighted by Crippen LogP contribution is -1.96. The first-order chi connectivity index (χ1) is 10.1. The van der Waals surface area contributed by atoms with Gasteiger partial charge in [0.1, 0.15) is 5.69 Å². The highest BCUT2D eigenvalue weighted by molar-refractivity contribution is 9.10. The average Bonchev–Trinajstić information content (AvgIpc) is 2.84. The molecule has 2 N–H and O–H groups in total. The zero-order chi connectivity index (χ0) is 15.0. The molecule has 0 radical (unpaired) electrons. The third-order valence-corrected chi connectivity index (χ3v) is 3.52. The average molecular weight is 350 g/mol. The Morgan fingerprint density at radius 2 is 1.86 bits per heavy atom. The molecule has 0 atom stereocenters. The molecule has 2 aromatic carbocycles. The molecule has 6 heteroatoms. The summed E-state index contributed by atoms with van der Waals surface area (Å²) >= 11 is 3.37. The van der Waals surface area contributed by atoms with Crippen molar-refractivity contribution in [1.29, 1.82) is 0 Å². The number of nitrogens with zero attached hydrogens (tertiary/aromatic N) is 2. The van der Waals surface area contributed by atoms with Crippen LogP contribution in [-0.4, -0.2) is 9.78 Å². The minimum absolute atomic E-state index is 0.0428. The quantitative estimate of drug-likeness (QED) is 0.754. The lowest BCUT2D eigenvalue weighted by atomic mass is 10.1. The molecule has 1 heterocycles. The van der Waals surface area contributed by atoms with Crippen LogP contribution in [0.5, 0.6) is 0 Å². The van der Waals surface area contributed by atoms with Gasteiger partial charge in [-0.3, -0.25) is 0 Å². The molecule has 0 saturated heterocycles. The van der Waals surface area contributed by atoms with Crippen molar-refractivity contribution in [2.75, 3.05) is 5.73 Å². The lowest BCUT2D eigenvalue weighted by molar-refractivity contribution is 0.511. The van der Waals surface area contributed by atoms with Gasteiger partial charge >= 0.3 is 0 Å². The highest BCUT2D eigenvalue weighted by Crippen LogP contribution is 2.29. The topological polar surface area (TPSA) is 43.8 Å². The van der Waals surface area contributed by atoms with Crippen molar-refractivity contribution in [2.45, 2.75) is 0 Å². The van der Waals surface area contributed by atoms with Gasteiger partial charge in [0, 0.05) is 10.0 Å². The van der Waals surface area contributed by atoms with Crippen LogP contribution in [0.3, 0.4) is 0 Å². The van der Waals surface area contributed by atoms with Crippen molar-refractivity contribution < 1.29 is 8.78 Å². The molecule has 0 fully saturated rings. The van der Waals surface area contributed by atoms with Gasteiger partial charge in [-0.15, -0.1) is 0 Å². The number of nitrogens with two attached hydrogens (primary N) is 1. The van der Waals surface area contributed by atoms with E-state index in [0.29, 0.717) is 0 Å². The first kappa shape index (κ1) is 13.8. The first-order valence-corrected chi connectivity index (χ1v) is 6.91. The van der Waals surface area contributed by atoms with Crippen molar-refractivity contribution in [2.24, 2.45) is 0 Å². The number of benzene rings is 2. The summed E-state index contributed by atoms with van der Waals surface area (Å²) in [4.78, 5) is 0. The first-order valence-electron chi connectivity index (χ1n) is 6.12. The Hall–Kier alpha value is -2.21. The third-order valence-electron chi connectivity index (χ3n) is 3.02. The Morgan fingerprint density at radius 3 is 2.62 bits per heavy atom. The lowest BCUT2D eigenvalue weighted by Gasteiger charge is -2.02. The summed E-state index contributed by atoms with van der Waals surface area (Å²) in [7, 11) is 0. The summed E-state index contributed by atoms with van der Waals surface area (Å²) in [5, 5.41) is 4.26. The maximum absolute atomic E-state index is 13.9. The smallest absolute Gasteiger partial charge is 0.168 e. The largest absolute Gasteiger partial charge is 0.396 e. The molecule has 0 saturated carbocycles. The molecule has 21 heavy (non-hydrogen) atoms. The standard InChI is InChI=1S/C15H10BrF2N3/c16-9-3-1-4-10(7-9)21-8-13(19)15(20-21)11-5-2-6-12(17)14(11)18/h1-8H,19H2. The van der Waals surface area contributed by atoms with E-state index in [2.05, 4.69) is 21.0 Å². The fourth-order valence-corrected chi connectivity index (χ4v) is 2.42. The SMILES string of the molecule is Nc1cn(-c2cccc(Br)c2)nc1-c1cccc(F)c1F. The van der Waals surface area contributed by atoms with E-state index in [0.717, 1.165) is 16.2 Å². The van der Waals surface area contributed by atoms with Crippen molar-refractivity contribution in [1.82, 2.24) is 9.78 Å². The number of nitrogen functional groups attached to an aromatic ring is 1. The van der Waals surface area contributed by atoms with E-state index in [1.165, 1.54) is 16.8 Å². The van der Waals surface area contributed by atoms with Crippen LogP contribution in [0.2, 0.25) is 0 Å². The van der Waals surface area contributed by atoms with Crippen molar-refractivity contribution in [3.8, 4) is 16.9 Å². The van der Waals surface area contributed by atoms with Gasteiger partial charge in [-0.25, -0.2) is 13.5 Å². The summed E-state index contributed by atoms with van der Waals surface area (Å²) in [6, 6.07) is 11.3. The molecule has 106 valence electrons. The fraction of sp³-hybridized carbons (Fsp3) is 0. The van der Waals surface area contributed by atoms with Gasteiger partial charge < -0.3 is 5.73 Å². The molecule has 0 spiro atoms. The molecule has 0 aliphatic carbocycles. The number of aromatic nitrogens is 2. The monoisotopic (exact) mass is 349 g/mol. The highest BCUT2D eigenvalue weighted by atomic mass is 79.9. The van der Waals surface area contributed by atoms with Crippen LogP contribution >= 0.6 is 15.9 Å². The predicted molar refractivity (Wildman–Crippen MR) is 81.0 cm³/mol. The van der Waals surface area contributed by atoms with Crippen molar-refractivity contribution >= 4 is 21.6 Å². The summed E-state index contributed by atoms with van der Waals surface area (Å²) in [6.45, 7) is 0. The number of rotatable bonds is 2. The van der Waals surface area contributed by atoms with Crippen LogP contribution in [0.15, 0.2) is 53.1 Å². The van der Waals surface area contributed by atoms with Crippen molar-refractivity contribution in [3.63, 3.8) is 0 Å². The second-order valence-electron chi connectivity index (χ2n) is 4.46. The number of anilines is 1. The van der Waals surface area contributed by atoms with Gasteiger partial charge in [-0.2, -0.15) is 5.10 Å².